The van der Waals surface area contributed by atoms with E-state index in [1.807, 2.05) is 0 Å². The van der Waals surface area contributed by atoms with Crippen LogP contribution in [0.2, 0.25) is 0 Å². The largest absolute Gasteiger partial charge is 0.0533 e. The maximum absolute atomic E-state index is 3.94. The summed E-state index contributed by atoms with van der Waals surface area (Å²) in [4.78, 5) is 0. The SMILES string of the molecule is [CH2]CCCCCC1C2CC3CC(C2)CC1C3. The van der Waals surface area contributed by atoms with Crippen molar-refractivity contribution < 1.29 is 0 Å². The number of hydrogen-bond donors (Lipinski definition) is 0. The van der Waals surface area contributed by atoms with Crippen LogP contribution in [-0.4, -0.2) is 0 Å². The van der Waals surface area contributed by atoms with Crippen LogP contribution >= 0.6 is 0 Å². The lowest BCUT2D eigenvalue weighted by Crippen LogP contribution is -2.44. The molecule has 0 unspecified atom stereocenters. The lowest BCUT2D eigenvalue weighted by Gasteiger charge is -2.54. The van der Waals surface area contributed by atoms with Crippen LogP contribution < -0.4 is 0 Å². The van der Waals surface area contributed by atoms with E-state index in [1.54, 1.807) is 38.5 Å². The zero-order valence-corrected chi connectivity index (χ0v) is 10.7. The highest BCUT2D eigenvalue weighted by Crippen LogP contribution is 2.57. The van der Waals surface area contributed by atoms with E-state index in [4.69, 9.17) is 0 Å². The minimum Gasteiger partial charge on any atom is -0.0533 e. The molecule has 0 heterocycles. The lowest BCUT2D eigenvalue weighted by atomic mass is 9.51. The molecule has 0 N–H and O–H groups in total. The second kappa shape index (κ2) is 4.70. The van der Waals surface area contributed by atoms with Gasteiger partial charge in [-0.05, 0) is 68.1 Å². The molecule has 4 aliphatic carbocycles. The van der Waals surface area contributed by atoms with Crippen LogP contribution in [0.25, 0.3) is 0 Å². The Morgan fingerprint density at radius 1 is 0.750 bits per heavy atom. The zero-order chi connectivity index (χ0) is 11.0. The van der Waals surface area contributed by atoms with E-state index in [0.717, 1.165) is 36.0 Å². The van der Waals surface area contributed by atoms with Gasteiger partial charge in [-0.3, -0.25) is 0 Å². The predicted molar refractivity (Wildman–Crippen MR) is 69.0 cm³/mol. The van der Waals surface area contributed by atoms with E-state index in [0.29, 0.717) is 0 Å². The van der Waals surface area contributed by atoms with Crippen molar-refractivity contribution in [2.45, 2.75) is 64.2 Å². The smallest absolute Gasteiger partial charge is 0.0357 e. The molecule has 0 aromatic rings. The van der Waals surface area contributed by atoms with Crippen molar-refractivity contribution >= 4 is 0 Å². The molecule has 0 saturated heterocycles. The van der Waals surface area contributed by atoms with E-state index in [-0.39, 0.29) is 0 Å². The van der Waals surface area contributed by atoms with E-state index in [1.165, 1.54) is 19.3 Å². The topological polar surface area (TPSA) is 0 Å². The van der Waals surface area contributed by atoms with Gasteiger partial charge in [-0.2, -0.15) is 0 Å². The molecule has 0 aliphatic heterocycles. The van der Waals surface area contributed by atoms with Gasteiger partial charge >= 0.3 is 0 Å². The fraction of sp³-hybridized carbons (Fsp3) is 0.938. The molecule has 4 saturated carbocycles. The highest BCUT2D eigenvalue weighted by atomic mass is 14.5. The van der Waals surface area contributed by atoms with Gasteiger partial charge in [0.1, 0.15) is 0 Å². The Kier molecular flexibility index (Phi) is 3.27. The van der Waals surface area contributed by atoms with Crippen molar-refractivity contribution in [1.29, 1.82) is 0 Å². The Hall–Kier alpha value is 0. The van der Waals surface area contributed by atoms with Crippen LogP contribution in [0, 0.1) is 36.5 Å². The van der Waals surface area contributed by atoms with Gasteiger partial charge in [-0.25, -0.2) is 0 Å². The van der Waals surface area contributed by atoms with Crippen molar-refractivity contribution in [1.82, 2.24) is 0 Å². The fourth-order valence-electron chi connectivity index (χ4n) is 5.24. The lowest BCUT2D eigenvalue weighted by molar-refractivity contribution is -0.0404. The highest BCUT2D eigenvalue weighted by molar-refractivity contribution is 4.97. The minimum absolute atomic E-state index is 1.14. The first kappa shape index (κ1) is 11.1. The molecule has 0 aromatic heterocycles. The normalized spacial score (nSPS) is 45.2. The second-order valence-corrected chi connectivity index (χ2v) is 6.80. The van der Waals surface area contributed by atoms with Gasteiger partial charge in [0.2, 0.25) is 0 Å². The van der Waals surface area contributed by atoms with Crippen LogP contribution in [0.15, 0.2) is 0 Å². The Morgan fingerprint density at radius 3 is 1.94 bits per heavy atom. The van der Waals surface area contributed by atoms with E-state index < -0.39 is 0 Å². The summed E-state index contributed by atoms with van der Waals surface area (Å²) in [6.07, 6.45) is 15.0. The standard InChI is InChI=1S/C16H27/c1-2-3-4-5-6-16-14-8-12-7-13(10-14)11-15(16)9-12/h12-16H,1-11H2. The maximum Gasteiger partial charge on any atom is -0.0357 e. The molecule has 4 bridgehead atoms. The van der Waals surface area contributed by atoms with Gasteiger partial charge in [0.05, 0.1) is 0 Å². The third-order valence-electron chi connectivity index (χ3n) is 5.71. The summed E-state index contributed by atoms with van der Waals surface area (Å²) in [6, 6.07) is 0. The third kappa shape index (κ3) is 2.05. The molecule has 4 rings (SSSR count). The van der Waals surface area contributed by atoms with Gasteiger partial charge in [-0.15, -0.1) is 0 Å². The number of unbranched alkanes of at least 4 members (excludes halogenated alkanes) is 3. The molecule has 91 valence electrons. The molecular weight excluding hydrogens is 192 g/mol. The average molecular weight is 219 g/mol. The van der Waals surface area contributed by atoms with Gasteiger partial charge in [0.15, 0.2) is 0 Å². The van der Waals surface area contributed by atoms with Gasteiger partial charge in [0.25, 0.3) is 0 Å². The summed E-state index contributed by atoms with van der Waals surface area (Å²) in [5.74, 6) is 5.74. The minimum atomic E-state index is 1.14. The van der Waals surface area contributed by atoms with E-state index in [2.05, 4.69) is 6.92 Å². The van der Waals surface area contributed by atoms with Crippen molar-refractivity contribution in [3.05, 3.63) is 6.92 Å². The Morgan fingerprint density at radius 2 is 1.38 bits per heavy atom. The Bertz CT molecular complexity index is 202. The van der Waals surface area contributed by atoms with Crippen molar-refractivity contribution in [2.24, 2.45) is 29.6 Å². The third-order valence-corrected chi connectivity index (χ3v) is 5.71. The molecule has 0 spiro atoms. The van der Waals surface area contributed by atoms with Crippen molar-refractivity contribution in [3.63, 3.8) is 0 Å². The fourth-order valence-corrected chi connectivity index (χ4v) is 5.24. The summed E-state index contributed by atoms with van der Waals surface area (Å²) in [5.41, 5.74) is 0. The molecule has 0 amide bonds. The second-order valence-electron chi connectivity index (χ2n) is 6.80. The molecule has 0 aromatic carbocycles. The van der Waals surface area contributed by atoms with Crippen LogP contribution in [-0.2, 0) is 0 Å². The summed E-state index contributed by atoms with van der Waals surface area (Å²) >= 11 is 0. The first-order valence-electron chi connectivity index (χ1n) is 7.66. The van der Waals surface area contributed by atoms with Crippen molar-refractivity contribution in [2.75, 3.05) is 0 Å². The van der Waals surface area contributed by atoms with Gasteiger partial charge in [-0.1, -0.05) is 32.6 Å². The quantitative estimate of drug-likeness (QED) is 0.580. The van der Waals surface area contributed by atoms with E-state index >= 15 is 0 Å². The molecule has 0 heteroatoms. The predicted octanol–water partition coefficient (Wildman–Crippen LogP) is 4.84. The summed E-state index contributed by atoms with van der Waals surface area (Å²) in [7, 11) is 0. The molecule has 0 atom stereocenters. The summed E-state index contributed by atoms with van der Waals surface area (Å²) in [5, 5.41) is 0. The monoisotopic (exact) mass is 219 g/mol. The molecular formula is C16H27. The Balaban J connectivity index is 1.52. The molecule has 0 nitrogen and oxygen atoms in total. The first-order valence-corrected chi connectivity index (χ1v) is 7.66. The molecule has 1 radical (unpaired) electrons. The zero-order valence-electron chi connectivity index (χ0n) is 10.7. The molecule has 4 aliphatic rings. The number of hydrogen-bond acceptors (Lipinski definition) is 0. The van der Waals surface area contributed by atoms with Crippen LogP contribution in [0.4, 0.5) is 0 Å². The highest BCUT2D eigenvalue weighted by Gasteiger charge is 2.47. The maximum atomic E-state index is 3.94. The van der Waals surface area contributed by atoms with E-state index in [9.17, 15) is 0 Å². The van der Waals surface area contributed by atoms with Crippen LogP contribution in [0.5, 0.6) is 0 Å². The number of rotatable bonds is 5. The average Bonchev–Trinajstić information content (AvgIpc) is 2.26. The molecule has 16 heavy (non-hydrogen) atoms. The van der Waals surface area contributed by atoms with Crippen molar-refractivity contribution in [3.8, 4) is 0 Å². The van der Waals surface area contributed by atoms with Crippen LogP contribution in [0.1, 0.15) is 64.2 Å². The van der Waals surface area contributed by atoms with Gasteiger partial charge in [0, 0.05) is 0 Å². The molecule has 4 fully saturated rings. The first-order chi connectivity index (χ1) is 7.86. The summed E-state index contributed by atoms with van der Waals surface area (Å²) in [6.45, 7) is 3.94. The van der Waals surface area contributed by atoms with Crippen LogP contribution in [0.3, 0.4) is 0 Å². The Labute approximate surface area is 101 Å². The summed E-state index contributed by atoms with van der Waals surface area (Å²) < 4.78 is 0. The van der Waals surface area contributed by atoms with Gasteiger partial charge < -0.3 is 0 Å².